The summed E-state index contributed by atoms with van der Waals surface area (Å²) in [6, 6.07) is 8.65. The van der Waals surface area contributed by atoms with Crippen molar-refractivity contribution in [1.29, 1.82) is 0 Å². The summed E-state index contributed by atoms with van der Waals surface area (Å²) in [5.41, 5.74) is 2.75. The third kappa shape index (κ3) is 3.72. The fourth-order valence-electron chi connectivity index (χ4n) is 3.35. The van der Waals surface area contributed by atoms with Crippen LogP contribution in [0.4, 0.5) is 0 Å². The van der Waals surface area contributed by atoms with Gasteiger partial charge in [-0.25, -0.2) is 0 Å². The molecule has 2 aromatic carbocycles. The highest BCUT2D eigenvalue weighted by atomic mass is 16.5. The summed E-state index contributed by atoms with van der Waals surface area (Å²) >= 11 is 0. The average molecular weight is 344 g/mol. The maximum atomic E-state index is 10.5. The molecule has 0 saturated heterocycles. The summed E-state index contributed by atoms with van der Waals surface area (Å²) in [5.74, 6) is 0.393. The summed E-state index contributed by atoms with van der Waals surface area (Å²) in [7, 11) is 1.50. The zero-order chi connectivity index (χ0) is 18.0. The van der Waals surface area contributed by atoms with Gasteiger partial charge >= 0.3 is 0 Å². The molecule has 0 spiro atoms. The lowest BCUT2D eigenvalue weighted by atomic mass is 9.95. The molecule has 3 rings (SSSR count). The van der Waals surface area contributed by atoms with Gasteiger partial charge in [-0.3, -0.25) is 0 Å². The van der Waals surface area contributed by atoms with Gasteiger partial charge in [-0.15, -0.1) is 0 Å². The Morgan fingerprint density at radius 1 is 0.920 bits per heavy atom. The lowest BCUT2D eigenvalue weighted by Crippen LogP contribution is -2.27. The second kappa shape index (κ2) is 7.33. The van der Waals surface area contributed by atoms with Crippen molar-refractivity contribution in [2.75, 3.05) is 7.11 Å². The molecule has 4 N–H and O–H groups in total. The van der Waals surface area contributed by atoms with E-state index in [-0.39, 0.29) is 17.9 Å². The van der Waals surface area contributed by atoms with E-state index < -0.39 is 12.2 Å². The van der Waals surface area contributed by atoms with Gasteiger partial charge in [-0.2, -0.15) is 0 Å². The molecule has 0 aliphatic heterocycles. The number of methoxy groups -OCH3 is 1. The molecule has 1 aliphatic carbocycles. The first-order chi connectivity index (χ1) is 12.0. The van der Waals surface area contributed by atoms with Crippen LogP contribution in [0.5, 0.6) is 17.2 Å². The number of fused-ring (bicyclic) bond motifs is 5. The average Bonchev–Trinajstić information content (AvgIpc) is 2.61. The Labute approximate surface area is 147 Å². The van der Waals surface area contributed by atoms with Gasteiger partial charge < -0.3 is 25.2 Å². The number of aromatic hydroxyl groups is 2. The summed E-state index contributed by atoms with van der Waals surface area (Å²) < 4.78 is 5.29. The van der Waals surface area contributed by atoms with Gasteiger partial charge in [0.1, 0.15) is 5.75 Å². The summed E-state index contributed by atoms with van der Waals surface area (Å²) in [6.45, 7) is 0. The molecule has 25 heavy (non-hydrogen) atoms. The summed E-state index contributed by atoms with van der Waals surface area (Å²) in [6.07, 6.45) is 1.58. The molecule has 1 aliphatic rings. The van der Waals surface area contributed by atoms with Crippen LogP contribution in [0.3, 0.4) is 0 Å². The third-order valence-corrected chi connectivity index (χ3v) is 4.81. The molecular formula is C20H24O5. The van der Waals surface area contributed by atoms with E-state index in [0.29, 0.717) is 23.3 Å². The maximum absolute atomic E-state index is 10.5. The second-order valence-electron chi connectivity index (χ2n) is 6.63. The number of aliphatic hydroxyl groups is 2. The van der Waals surface area contributed by atoms with Gasteiger partial charge in [0, 0.05) is 17.5 Å². The molecule has 5 nitrogen and oxygen atoms in total. The topological polar surface area (TPSA) is 90.2 Å². The van der Waals surface area contributed by atoms with Gasteiger partial charge in [0.15, 0.2) is 11.5 Å². The number of phenols is 2. The van der Waals surface area contributed by atoms with Gasteiger partial charge in [-0.1, -0.05) is 12.5 Å². The highest BCUT2D eigenvalue weighted by Gasteiger charge is 2.20. The first kappa shape index (κ1) is 17.6. The van der Waals surface area contributed by atoms with E-state index in [9.17, 15) is 20.4 Å². The molecule has 2 atom stereocenters. The number of ether oxygens (including phenoxy) is 1. The van der Waals surface area contributed by atoms with Crippen LogP contribution in [-0.2, 0) is 12.8 Å². The number of hydrogen-bond donors (Lipinski definition) is 4. The minimum absolute atomic E-state index is 0.0193. The Morgan fingerprint density at radius 3 is 2.44 bits per heavy atom. The third-order valence-electron chi connectivity index (χ3n) is 4.81. The van der Waals surface area contributed by atoms with Crippen molar-refractivity contribution in [3.05, 3.63) is 41.5 Å². The molecule has 0 amide bonds. The number of aryl methyl sites for hydroxylation is 1. The fraction of sp³-hybridized carbons (Fsp3) is 0.400. The molecule has 0 heterocycles. The van der Waals surface area contributed by atoms with E-state index >= 15 is 0 Å². The standard InChI is InChI=1S/C20H24O5/c1-25-19-11-12-4-2-3-5-17(22)18(23)10-13-6-7-16(21)14(8-13)15(9-12)20(19)24/h6-9,11,17-18,21-24H,2-5,10H2,1H3. The van der Waals surface area contributed by atoms with E-state index in [1.54, 1.807) is 24.3 Å². The largest absolute Gasteiger partial charge is 0.507 e. The van der Waals surface area contributed by atoms with Crippen LogP contribution in [0.25, 0.3) is 11.1 Å². The van der Waals surface area contributed by atoms with E-state index in [4.69, 9.17) is 4.74 Å². The predicted octanol–water partition coefficient (Wildman–Crippen LogP) is 2.76. The Morgan fingerprint density at radius 2 is 1.68 bits per heavy atom. The quantitative estimate of drug-likeness (QED) is 0.639. The first-order valence-electron chi connectivity index (χ1n) is 8.58. The normalized spacial score (nSPS) is 20.9. The highest BCUT2D eigenvalue weighted by molar-refractivity contribution is 5.79. The van der Waals surface area contributed by atoms with Crippen molar-refractivity contribution in [2.24, 2.45) is 0 Å². The maximum Gasteiger partial charge on any atom is 0.165 e. The van der Waals surface area contributed by atoms with E-state index in [1.807, 2.05) is 6.07 Å². The van der Waals surface area contributed by atoms with Crippen LogP contribution in [0.15, 0.2) is 30.3 Å². The van der Waals surface area contributed by atoms with Crippen LogP contribution >= 0.6 is 0 Å². The lowest BCUT2D eigenvalue weighted by molar-refractivity contribution is 0.0138. The van der Waals surface area contributed by atoms with E-state index in [1.165, 1.54) is 7.11 Å². The molecule has 0 radical (unpaired) electrons. The van der Waals surface area contributed by atoms with Gasteiger partial charge in [0.2, 0.25) is 0 Å². The van der Waals surface area contributed by atoms with Crippen molar-refractivity contribution in [3.63, 3.8) is 0 Å². The highest BCUT2D eigenvalue weighted by Crippen LogP contribution is 2.42. The molecule has 2 unspecified atom stereocenters. The molecular weight excluding hydrogens is 320 g/mol. The van der Waals surface area contributed by atoms with Gasteiger partial charge in [-0.05, 0) is 54.7 Å². The van der Waals surface area contributed by atoms with Crippen LogP contribution < -0.4 is 4.74 Å². The minimum atomic E-state index is -0.857. The molecule has 0 fully saturated rings. The van der Waals surface area contributed by atoms with Crippen LogP contribution in [0.2, 0.25) is 0 Å². The van der Waals surface area contributed by atoms with Gasteiger partial charge in [0.25, 0.3) is 0 Å². The number of phenolic OH excluding ortho intramolecular Hbond substituents is 2. The minimum Gasteiger partial charge on any atom is -0.507 e. The van der Waals surface area contributed by atoms with Crippen LogP contribution in [0.1, 0.15) is 30.4 Å². The van der Waals surface area contributed by atoms with E-state index in [2.05, 4.69) is 0 Å². The van der Waals surface area contributed by atoms with Crippen LogP contribution in [-0.4, -0.2) is 39.7 Å². The molecule has 0 aromatic heterocycles. The Bertz CT molecular complexity index is 756. The zero-order valence-corrected chi connectivity index (χ0v) is 14.3. The number of rotatable bonds is 1. The molecule has 4 bridgehead atoms. The lowest BCUT2D eigenvalue weighted by Gasteiger charge is -2.18. The monoisotopic (exact) mass is 344 g/mol. The zero-order valence-electron chi connectivity index (χ0n) is 14.3. The van der Waals surface area contributed by atoms with E-state index in [0.717, 1.165) is 30.4 Å². The van der Waals surface area contributed by atoms with Crippen molar-refractivity contribution in [3.8, 4) is 28.4 Å². The Balaban J connectivity index is 2.15. The number of benzene rings is 2. The smallest absolute Gasteiger partial charge is 0.165 e. The van der Waals surface area contributed by atoms with Crippen molar-refractivity contribution in [1.82, 2.24) is 0 Å². The molecule has 134 valence electrons. The summed E-state index contributed by atoms with van der Waals surface area (Å²) in [4.78, 5) is 0. The first-order valence-corrected chi connectivity index (χ1v) is 8.58. The van der Waals surface area contributed by atoms with Crippen LogP contribution in [0, 0.1) is 0 Å². The fourth-order valence-corrected chi connectivity index (χ4v) is 3.35. The number of aliphatic hydroxyl groups excluding tert-OH is 2. The summed E-state index contributed by atoms with van der Waals surface area (Å²) in [5, 5.41) is 41.2. The van der Waals surface area contributed by atoms with Gasteiger partial charge in [0.05, 0.1) is 19.3 Å². The van der Waals surface area contributed by atoms with Crippen molar-refractivity contribution < 1.29 is 25.2 Å². The SMILES string of the molecule is COc1cc2cc(c1O)-c1cc(ccc1O)CC(O)C(O)CCCC2. The number of hydrogen-bond acceptors (Lipinski definition) is 5. The Kier molecular flexibility index (Phi) is 5.16. The molecule has 5 heteroatoms. The molecule has 2 aromatic rings. The van der Waals surface area contributed by atoms with Crippen molar-refractivity contribution >= 4 is 0 Å². The Hall–Kier alpha value is -2.24. The van der Waals surface area contributed by atoms with Crippen molar-refractivity contribution in [2.45, 2.75) is 44.3 Å². The predicted molar refractivity (Wildman–Crippen MR) is 95.0 cm³/mol. The second-order valence-corrected chi connectivity index (χ2v) is 6.63. The molecule has 0 saturated carbocycles.